The molecule has 2 unspecified atom stereocenters. The van der Waals surface area contributed by atoms with Crippen LogP contribution in [0.25, 0.3) is 0 Å². The molecule has 0 bridgehead atoms. The van der Waals surface area contributed by atoms with Gasteiger partial charge in [-0.25, -0.2) is 0 Å². The molecule has 0 spiro atoms. The topological polar surface area (TPSA) is 69.9 Å². The molecule has 0 aromatic heterocycles. The fourth-order valence-electron chi connectivity index (χ4n) is 0.854. The van der Waals surface area contributed by atoms with Gasteiger partial charge in [0.2, 0.25) is 0 Å². The number of aliphatic hydroxyl groups excluding tert-OH is 3. The molecule has 0 amide bonds. The van der Waals surface area contributed by atoms with E-state index in [1.165, 1.54) is 0 Å². The Morgan fingerprint density at radius 2 is 1.90 bits per heavy atom. The van der Waals surface area contributed by atoms with Crippen molar-refractivity contribution >= 4 is 11.6 Å². The van der Waals surface area contributed by atoms with E-state index >= 15 is 0 Å². The van der Waals surface area contributed by atoms with E-state index in [1.807, 2.05) is 0 Å². The summed E-state index contributed by atoms with van der Waals surface area (Å²) >= 11 is 5.39. The minimum absolute atomic E-state index is 0.332. The van der Waals surface area contributed by atoms with Gasteiger partial charge < -0.3 is 20.1 Å². The molecule has 3 N–H and O–H groups in total. The molecular weight excluding hydrogens is 160 g/mol. The van der Waals surface area contributed by atoms with Crippen molar-refractivity contribution < 1.29 is 20.1 Å². The van der Waals surface area contributed by atoms with Crippen molar-refractivity contribution in [2.24, 2.45) is 0 Å². The lowest BCUT2D eigenvalue weighted by molar-refractivity contribution is -0.00869. The van der Waals surface area contributed by atoms with Crippen LogP contribution in [0.4, 0.5) is 0 Å². The number of aliphatic hydroxyl groups is 3. The number of halogens is 1. The highest BCUT2D eigenvalue weighted by molar-refractivity contribution is 6.20. The van der Waals surface area contributed by atoms with Crippen LogP contribution < -0.4 is 0 Å². The highest BCUT2D eigenvalue weighted by Crippen LogP contribution is 2.23. The Balaban J connectivity index is 2.53. The van der Waals surface area contributed by atoms with Crippen molar-refractivity contribution in [2.45, 2.75) is 23.9 Å². The van der Waals surface area contributed by atoms with E-state index in [9.17, 15) is 0 Å². The first-order chi connectivity index (χ1) is 4.66. The van der Waals surface area contributed by atoms with E-state index < -0.39 is 23.9 Å². The lowest BCUT2D eigenvalue weighted by Gasteiger charge is -2.09. The SMILES string of the molecule is OCC1OC(Cl)[C@H](O)[C@@H]1O. The van der Waals surface area contributed by atoms with Gasteiger partial charge in [0.25, 0.3) is 0 Å². The first-order valence-corrected chi connectivity index (χ1v) is 3.37. The predicted octanol–water partition coefficient (Wildman–Crippen LogP) is -1.34. The third kappa shape index (κ3) is 1.26. The van der Waals surface area contributed by atoms with Gasteiger partial charge in [-0.3, -0.25) is 0 Å². The van der Waals surface area contributed by atoms with E-state index in [4.69, 9.17) is 31.7 Å². The van der Waals surface area contributed by atoms with Gasteiger partial charge in [-0.05, 0) is 0 Å². The number of hydrogen-bond acceptors (Lipinski definition) is 4. The minimum atomic E-state index is -1.10. The lowest BCUT2D eigenvalue weighted by Crippen LogP contribution is -2.32. The zero-order valence-corrected chi connectivity index (χ0v) is 5.90. The number of alkyl halides is 1. The molecule has 0 aromatic rings. The standard InChI is InChI=1S/C5H9ClO4/c6-5-4(9)3(8)2(1-7)10-5/h2-5,7-9H,1H2/t2?,3-,4-,5?/m1/s1. The molecule has 1 rings (SSSR count). The van der Waals surface area contributed by atoms with Crippen LogP contribution in [0.1, 0.15) is 0 Å². The highest BCUT2D eigenvalue weighted by atomic mass is 35.5. The van der Waals surface area contributed by atoms with Crippen LogP contribution in [-0.2, 0) is 4.74 Å². The first-order valence-electron chi connectivity index (χ1n) is 2.93. The summed E-state index contributed by atoms with van der Waals surface area (Å²) in [6.45, 7) is -0.332. The van der Waals surface area contributed by atoms with Crippen LogP contribution in [0.2, 0.25) is 0 Å². The second-order valence-electron chi connectivity index (χ2n) is 2.19. The van der Waals surface area contributed by atoms with Crippen LogP contribution >= 0.6 is 11.6 Å². The van der Waals surface area contributed by atoms with Gasteiger partial charge >= 0.3 is 0 Å². The number of rotatable bonds is 1. The molecule has 0 aromatic carbocycles. The largest absolute Gasteiger partial charge is 0.394 e. The summed E-state index contributed by atoms with van der Waals surface area (Å²) in [5, 5.41) is 26.5. The van der Waals surface area contributed by atoms with Crippen LogP contribution in [0.3, 0.4) is 0 Å². The minimum Gasteiger partial charge on any atom is -0.394 e. The van der Waals surface area contributed by atoms with E-state index in [-0.39, 0.29) is 6.61 Å². The molecule has 0 saturated carbocycles. The molecule has 1 aliphatic rings. The maximum Gasteiger partial charge on any atom is 0.160 e. The highest BCUT2D eigenvalue weighted by Gasteiger charge is 2.40. The quantitative estimate of drug-likeness (QED) is 0.424. The molecule has 1 heterocycles. The molecule has 4 atom stereocenters. The van der Waals surface area contributed by atoms with E-state index in [0.717, 1.165) is 0 Å². The molecule has 1 aliphatic heterocycles. The molecule has 1 saturated heterocycles. The van der Waals surface area contributed by atoms with Gasteiger partial charge in [0.1, 0.15) is 18.3 Å². The molecule has 10 heavy (non-hydrogen) atoms. The first kappa shape index (κ1) is 8.23. The van der Waals surface area contributed by atoms with E-state index in [1.54, 1.807) is 0 Å². The Morgan fingerprint density at radius 1 is 1.30 bits per heavy atom. The Kier molecular flexibility index (Phi) is 2.49. The summed E-state index contributed by atoms with van der Waals surface area (Å²) in [6.07, 6.45) is -2.93. The summed E-state index contributed by atoms with van der Waals surface area (Å²) in [6, 6.07) is 0. The van der Waals surface area contributed by atoms with Gasteiger partial charge in [-0.15, -0.1) is 0 Å². The molecule has 60 valence electrons. The van der Waals surface area contributed by atoms with Crippen molar-refractivity contribution in [2.75, 3.05) is 6.61 Å². The maximum absolute atomic E-state index is 9.01. The summed E-state index contributed by atoms with van der Waals surface area (Å²) in [4.78, 5) is 0. The van der Waals surface area contributed by atoms with Crippen molar-refractivity contribution in [1.29, 1.82) is 0 Å². The van der Waals surface area contributed by atoms with Crippen LogP contribution in [-0.4, -0.2) is 45.8 Å². The Labute approximate surface area is 63.0 Å². The summed E-state index contributed by atoms with van der Waals surface area (Å²) in [5.74, 6) is 0. The van der Waals surface area contributed by atoms with Gasteiger partial charge in [0, 0.05) is 0 Å². The van der Waals surface area contributed by atoms with Gasteiger partial charge in [-0.1, -0.05) is 11.6 Å². The summed E-state index contributed by atoms with van der Waals surface area (Å²) < 4.78 is 4.75. The fraction of sp³-hybridized carbons (Fsp3) is 1.00. The molecule has 1 fully saturated rings. The normalized spacial score (nSPS) is 48.0. The number of ether oxygens (including phenoxy) is 1. The summed E-state index contributed by atoms with van der Waals surface area (Å²) in [5.41, 5.74) is -0.910. The zero-order chi connectivity index (χ0) is 7.72. The second kappa shape index (κ2) is 3.02. The molecule has 0 aliphatic carbocycles. The average Bonchev–Trinajstić information content (AvgIpc) is 2.17. The van der Waals surface area contributed by atoms with Gasteiger partial charge in [0.15, 0.2) is 5.56 Å². The Bertz CT molecular complexity index is 120. The third-order valence-electron chi connectivity index (χ3n) is 1.48. The fourth-order valence-corrected chi connectivity index (χ4v) is 1.14. The Morgan fingerprint density at radius 3 is 2.10 bits per heavy atom. The zero-order valence-electron chi connectivity index (χ0n) is 5.14. The smallest absolute Gasteiger partial charge is 0.160 e. The maximum atomic E-state index is 9.01. The van der Waals surface area contributed by atoms with Crippen LogP contribution in [0, 0.1) is 0 Å². The van der Waals surface area contributed by atoms with Crippen molar-refractivity contribution in [1.82, 2.24) is 0 Å². The van der Waals surface area contributed by atoms with Crippen LogP contribution in [0.15, 0.2) is 0 Å². The van der Waals surface area contributed by atoms with Gasteiger partial charge in [0.05, 0.1) is 6.61 Å². The number of hydrogen-bond donors (Lipinski definition) is 3. The third-order valence-corrected chi connectivity index (χ3v) is 1.85. The van der Waals surface area contributed by atoms with Crippen molar-refractivity contribution in [3.05, 3.63) is 0 Å². The summed E-state index contributed by atoms with van der Waals surface area (Å²) in [7, 11) is 0. The van der Waals surface area contributed by atoms with Gasteiger partial charge in [-0.2, -0.15) is 0 Å². The average molecular weight is 169 g/mol. The lowest BCUT2D eigenvalue weighted by atomic mass is 10.2. The second-order valence-corrected chi connectivity index (χ2v) is 2.62. The Hall–Kier alpha value is 0.130. The molecule has 0 radical (unpaired) electrons. The molecule has 4 nitrogen and oxygen atoms in total. The van der Waals surface area contributed by atoms with Crippen molar-refractivity contribution in [3.8, 4) is 0 Å². The molecule has 5 heteroatoms. The van der Waals surface area contributed by atoms with E-state index in [0.29, 0.717) is 0 Å². The predicted molar refractivity (Wildman–Crippen MR) is 33.6 cm³/mol. The molecular formula is C5H9ClO4. The van der Waals surface area contributed by atoms with Crippen molar-refractivity contribution in [3.63, 3.8) is 0 Å². The monoisotopic (exact) mass is 168 g/mol. The van der Waals surface area contributed by atoms with Crippen LogP contribution in [0.5, 0.6) is 0 Å². The van der Waals surface area contributed by atoms with E-state index in [2.05, 4.69) is 0 Å².